The molecular formula is C33H27Cl2Hf-. The summed E-state index contributed by atoms with van der Waals surface area (Å²) in [6.07, 6.45) is 8.35. The fourth-order valence-corrected chi connectivity index (χ4v) is 5.46. The van der Waals surface area contributed by atoms with Gasteiger partial charge >= 0.3 is 0 Å². The van der Waals surface area contributed by atoms with Crippen LogP contribution in [-0.4, -0.2) is 0 Å². The Morgan fingerprint density at radius 2 is 1.06 bits per heavy atom. The van der Waals surface area contributed by atoms with Gasteiger partial charge < -0.3 is 0 Å². The maximum atomic E-state index is 3.84. The second-order valence-corrected chi connectivity index (χ2v) is 8.95. The number of benzene rings is 4. The van der Waals surface area contributed by atoms with Gasteiger partial charge in [-0.3, -0.25) is 0 Å². The van der Waals surface area contributed by atoms with E-state index in [2.05, 4.69) is 129 Å². The number of aryl methyl sites for hydroxylation is 2. The SMILES string of the molecule is Cc1cccc2c1-c1c(C)cccc1C2C1=[C-]C(=C(c2ccccc2)c2ccccc2)C=C1.Cl.Cl.[Hf]. The molecule has 0 amide bonds. The molecule has 6 rings (SSSR count). The predicted molar refractivity (Wildman–Crippen MR) is 152 cm³/mol. The minimum atomic E-state index is 0. The number of hydrogen-bond donors (Lipinski definition) is 0. The molecular weight excluding hydrogens is 646 g/mol. The fourth-order valence-electron chi connectivity index (χ4n) is 5.46. The molecule has 0 unspecified atom stereocenters. The van der Waals surface area contributed by atoms with Crippen molar-refractivity contribution in [1.82, 2.24) is 0 Å². The van der Waals surface area contributed by atoms with Gasteiger partial charge in [-0.2, -0.15) is 17.7 Å². The van der Waals surface area contributed by atoms with Crippen LogP contribution in [0.3, 0.4) is 0 Å². The molecule has 3 heteroatoms. The first-order chi connectivity index (χ1) is 16.2. The number of allylic oxidation sites excluding steroid dienone is 5. The zero-order chi connectivity index (χ0) is 22.4. The van der Waals surface area contributed by atoms with Crippen LogP contribution in [0.15, 0.2) is 120 Å². The Labute approximate surface area is 245 Å². The van der Waals surface area contributed by atoms with Gasteiger partial charge in [0.1, 0.15) is 0 Å². The van der Waals surface area contributed by atoms with Crippen LogP contribution in [0.1, 0.15) is 39.3 Å². The van der Waals surface area contributed by atoms with Crippen molar-refractivity contribution in [2.24, 2.45) is 0 Å². The molecule has 0 atom stereocenters. The molecule has 0 heterocycles. The van der Waals surface area contributed by atoms with Crippen LogP contribution < -0.4 is 0 Å². The maximum Gasteiger partial charge on any atom is 0.0175 e. The van der Waals surface area contributed by atoms with Gasteiger partial charge in [0.2, 0.25) is 0 Å². The van der Waals surface area contributed by atoms with E-state index in [4.69, 9.17) is 0 Å². The fraction of sp³-hybridized carbons (Fsp3) is 0.0909. The van der Waals surface area contributed by atoms with Crippen LogP contribution in [0, 0.1) is 19.9 Å². The third-order valence-electron chi connectivity index (χ3n) is 6.90. The van der Waals surface area contributed by atoms with E-state index in [1.165, 1.54) is 55.7 Å². The van der Waals surface area contributed by atoms with Gasteiger partial charge in [0, 0.05) is 31.8 Å². The summed E-state index contributed by atoms with van der Waals surface area (Å²) in [6, 6.07) is 34.8. The standard InChI is InChI=1S/C33H25.2ClH.Hf/c1-22-11-9-17-28-30(22)31-23(2)12-10-18-29(31)33(28)27-20-19-26(21-27)32(24-13-5-3-6-14-24)25-15-7-4-8-16-25;;;/h3-20,33H,1-2H3;2*1H;/q-1;;;. The number of halogens is 2. The van der Waals surface area contributed by atoms with E-state index in [1.807, 2.05) is 0 Å². The van der Waals surface area contributed by atoms with Crippen LogP contribution in [0.2, 0.25) is 0 Å². The van der Waals surface area contributed by atoms with Crippen LogP contribution in [0.25, 0.3) is 16.7 Å². The van der Waals surface area contributed by atoms with Crippen LogP contribution in [-0.2, 0) is 25.8 Å². The van der Waals surface area contributed by atoms with E-state index in [-0.39, 0.29) is 56.6 Å². The number of hydrogen-bond acceptors (Lipinski definition) is 0. The summed E-state index contributed by atoms with van der Waals surface area (Å²) in [4.78, 5) is 0. The van der Waals surface area contributed by atoms with Gasteiger partial charge in [-0.15, -0.1) is 36.5 Å². The number of fused-ring (bicyclic) bond motifs is 3. The van der Waals surface area contributed by atoms with Crippen molar-refractivity contribution in [1.29, 1.82) is 0 Å². The molecule has 0 N–H and O–H groups in total. The normalized spacial score (nSPS) is 13.1. The summed E-state index contributed by atoms with van der Waals surface area (Å²) in [5.41, 5.74) is 14.4. The molecule has 178 valence electrons. The molecule has 0 nitrogen and oxygen atoms in total. The van der Waals surface area contributed by atoms with Gasteiger partial charge in [-0.25, -0.2) is 0 Å². The molecule has 4 aromatic carbocycles. The molecule has 36 heavy (non-hydrogen) atoms. The molecule has 2 aliphatic carbocycles. The van der Waals surface area contributed by atoms with Crippen molar-refractivity contribution >= 4 is 30.4 Å². The summed E-state index contributed by atoms with van der Waals surface area (Å²) in [6.45, 7) is 4.46. The maximum absolute atomic E-state index is 3.84. The Morgan fingerprint density at radius 3 is 1.53 bits per heavy atom. The van der Waals surface area contributed by atoms with E-state index in [0.717, 1.165) is 5.57 Å². The molecule has 2 aliphatic rings. The monoisotopic (exact) mass is 673 g/mol. The van der Waals surface area contributed by atoms with Crippen molar-refractivity contribution in [3.8, 4) is 11.1 Å². The van der Waals surface area contributed by atoms with Gasteiger partial charge in [0.15, 0.2) is 0 Å². The molecule has 0 radical (unpaired) electrons. The van der Waals surface area contributed by atoms with E-state index < -0.39 is 0 Å². The van der Waals surface area contributed by atoms with Crippen LogP contribution in [0.4, 0.5) is 0 Å². The molecule has 0 aliphatic heterocycles. The second kappa shape index (κ2) is 11.7. The van der Waals surface area contributed by atoms with Crippen molar-refractivity contribution < 1.29 is 25.8 Å². The predicted octanol–water partition coefficient (Wildman–Crippen LogP) is 9.06. The van der Waals surface area contributed by atoms with Crippen LogP contribution >= 0.6 is 24.8 Å². The van der Waals surface area contributed by atoms with Crippen molar-refractivity contribution in [2.45, 2.75) is 19.8 Å². The molecule has 0 saturated heterocycles. The van der Waals surface area contributed by atoms with E-state index >= 15 is 0 Å². The molecule has 0 saturated carbocycles. The van der Waals surface area contributed by atoms with Gasteiger partial charge in [0.05, 0.1) is 0 Å². The zero-order valence-corrected chi connectivity index (χ0v) is 25.5. The van der Waals surface area contributed by atoms with Gasteiger partial charge in [0.25, 0.3) is 0 Å². The molecule has 0 aromatic heterocycles. The second-order valence-electron chi connectivity index (χ2n) is 8.95. The Morgan fingerprint density at radius 1 is 0.583 bits per heavy atom. The molecule has 0 bridgehead atoms. The van der Waals surface area contributed by atoms with Crippen molar-refractivity contribution in [2.75, 3.05) is 0 Å². The summed E-state index contributed by atoms with van der Waals surface area (Å²) >= 11 is 0. The first kappa shape index (κ1) is 28.1. The topological polar surface area (TPSA) is 0 Å². The van der Waals surface area contributed by atoms with Gasteiger partial charge in [-0.05, 0) is 47.2 Å². The Balaban J connectivity index is 0.00000120. The molecule has 0 spiro atoms. The van der Waals surface area contributed by atoms with E-state index in [1.54, 1.807) is 0 Å². The zero-order valence-electron chi connectivity index (χ0n) is 20.3. The summed E-state index contributed by atoms with van der Waals surface area (Å²) in [5, 5.41) is 0. The minimum Gasteiger partial charge on any atom is -0.176 e. The van der Waals surface area contributed by atoms with E-state index in [9.17, 15) is 0 Å². The summed E-state index contributed by atoms with van der Waals surface area (Å²) in [5.74, 6) is 0.219. The Hall–Kier alpha value is -2.45. The third-order valence-corrected chi connectivity index (χ3v) is 6.90. The largest absolute Gasteiger partial charge is 0.176 e. The quantitative estimate of drug-likeness (QED) is 0.151. The Bertz CT molecular complexity index is 1370. The van der Waals surface area contributed by atoms with Gasteiger partial charge in [-0.1, -0.05) is 114 Å². The molecule has 4 aromatic rings. The minimum absolute atomic E-state index is 0. The average molecular weight is 673 g/mol. The molecule has 0 fully saturated rings. The van der Waals surface area contributed by atoms with E-state index in [0.29, 0.717) is 0 Å². The van der Waals surface area contributed by atoms with Crippen molar-refractivity contribution in [3.05, 3.63) is 160 Å². The first-order valence-electron chi connectivity index (χ1n) is 11.6. The smallest absolute Gasteiger partial charge is 0.0175 e. The Kier molecular flexibility index (Phi) is 9.17. The summed E-state index contributed by atoms with van der Waals surface area (Å²) in [7, 11) is 0. The van der Waals surface area contributed by atoms with Crippen molar-refractivity contribution in [3.63, 3.8) is 0 Å². The summed E-state index contributed by atoms with van der Waals surface area (Å²) < 4.78 is 0. The number of rotatable bonds is 3. The van der Waals surface area contributed by atoms with Crippen LogP contribution in [0.5, 0.6) is 0 Å². The third kappa shape index (κ3) is 4.77. The first-order valence-corrected chi connectivity index (χ1v) is 11.6. The average Bonchev–Trinajstić information content (AvgIpc) is 3.44.